The topological polar surface area (TPSA) is 63.3 Å². The summed E-state index contributed by atoms with van der Waals surface area (Å²) in [6.07, 6.45) is 0. The Morgan fingerprint density at radius 1 is 1.18 bits per heavy atom. The Morgan fingerprint density at radius 3 is 2.47 bits per heavy atom. The maximum atomic E-state index is 13.5. The molecule has 0 heterocycles. The molecule has 0 bridgehead atoms. The minimum Gasteiger partial charge on any atom is -0.478 e. The number of carboxylic acid groups (broad SMARTS) is 1. The lowest BCUT2D eigenvalue weighted by molar-refractivity contribution is 0.0698. The lowest BCUT2D eigenvalue weighted by Gasteiger charge is -2.06. The van der Waals surface area contributed by atoms with Gasteiger partial charge in [-0.3, -0.25) is 0 Å². The molecule has 86 valence electrons. The van der Waals surface area contributed by atoms with Crippen LogP contribution in [0.5, 0.6) is 0 Å². The van der Waals surface area contributed by atoms with Crippen molar-refractivity contribution < 1.29 is 14.3 Å². The summed E-state index contributed by atoms with van der Waals surface area (Å²) < 4.78 is 13.5. The number of carboxylic acids is 1. The highest BCUT2D eigenvalue weighted by Gasteiger charge is 2.10. The van der Waals surface area contributed by atoms with Crippen LogP contribution >= 0.6 is 0 Å². The van der Waals surface area contributed by atoms with E-state index in [-0.39, 0.29) is 17.1 Å². The fourth-order valence-electron chi connectivity index (χ4n) is 1.62. The molecule has 4 heteroatoms. The molecule has 0 saturated carbocycles. The minimum absolute atomic E-state index is 0.0186. The number of aromatic carboxylic acids is 1. The summed E-state index contributed by atoms with van der Waals surface area (Å²) in [5, 5.41) is 8.83. The third kappa shape index (κ3) is 2.10. The number of hydrogen-bond donors (Lipinski definition) is 2. The zero-order valence-corrected chi connectivity index (χ0v) is 8.85. The fraction of sp³-hybridized carbons (Fsp3) is 0. The molecule has 2 rings (SSSR count). The zero-order chi connectivity index (χ0) is 12.4. The molecular weight excluding hydrogens is 221 g/mol. The molecule has 0 aliphatic carbocycles. The van der Waals surface area contributed by atoms with E-state index in [4.69, 9.17) is 10.8 Å². The average Bonchev–Trinajstić information content (AvgIpc) is 2.29. The van der Waals surface area contributed by atoms with Gasteiger partial charge in [-0.25, -0.2) is 9.18 Å². The second kappa shape index (κ2) is 4.25. The summed E-state index contributed by atoms with van der Waals surface area (Å²) in [7, 11) is 0. The number of carbonyl (C=O) groups is 1. The summed E-state index contributed by atoms with van der Waals surface area (Å²) in [5.74, 6) is -1.46. The van der Waals surface area contributed by atoms with Gasteiger partial charge in [-0.2, -0.15) is 0 Å². The maximum absolute atomic E-state index is 13.5. The molecule has 17 heavy (non-hydrogen) atoms. The molecule has 0 fully saturated rings. The van der Waals surface area contributed by atoms with Crippen LogP contribution in [0.2, 0.25) is 0 Å². The van der Waals surface area contributed by atoms with Crippen molar-refractivity contribution in [1.82, 2.24) is 0 Å². The second-order valence-electron chi connectivity index (χ2n) is 3.59. The van der Waals surface area contributed by atoms with Gasteiger partial charge in [0.15, 0.2) is 0 Å². The number of rotatable bonds is 2. The van der Waals surface area contributed by atoms with Crippen molar-refractivity contribution in [3.05, 3.63) is 53.8 Å². The van der Waals surface area contributed by atoms with Gasteiger partial charge in [0.05, 0.1) is 5.56 Å². The second-order valence-corrected chi connectivity index (χ2v) is 3.59. The Labute approximate surface area is 97.3 Å². The van der Waals surface area contributed by atoms with E-state index in [2.05, 4.69) is 0 Å². The van der Waals surface area contributed by atoms with Crippen molar-refractivity contribution >= 4 is 11.7 Å². The SMILES string of the molecule is Nc1cc(-c2ccccc2F)ccc1C(=O)O. The Balaban J connectivity index is 2.52. The highest BCUT2D eigenvalue weighted by atomic mass is 19.1. The van der Waals surface area contributed by atoms with Crippen LogP contribution in [-0.4, -0.2) is 11.1 Å². The Morgan fingerprint density at radius 2 is 1.88 bits per heavy atom. The van der Waals surface area contributed by atoms with Crippen LogP contribution in [-0.2, 0) is 0 Å². The standard InChI is InChI=1S/C13H10FNO2/c14-11-4-2-1-3-9(11)8-5-6-10(13(16)17)12(15)7-8/h1-7H,15H2,(H,16,17). The van der Waals surface area contributed by atoms with E-state index in [0.29, 0.717) is 11.1 Å². The van der Waals surface area contributed by atoms with Gasteiger partial charge in [0.2, 0.25) is 0 Å². The van der Waals surface area contributed by atoms with Crippen LogP contribution in [0.25, 0.3) is 11.1 Å². The Bertz CT molecular complexity index is 581. The third-order valence-corrected chi connectivity index (χ3v) is 2.47. The summed E-state index contributed by atoms with van der Waals surface area (Å²) >= 11 is 0. The van der Waals surface area contributed by atoms with E-state index in [1.54, 1.807) is 18.2 Å². The number of anilines is 1. The van der Waals surface area contributed by atoms with Gasteiger partial charge in [-0.1, -0.05) is 24.3 Å². The third-order valence-electron chi connectivity index (χ3n) is 2.47. The molecule has 0 aliphatic heterocycles. The fourth-order valence-corrected chi connectivity index (χ4v) is 1.62. The number of halogens is 1. The van der Waals surface area contributed by atoms with Crippen LogP contribution in [0.4, 0.5) is 10.1 Å². The number of nitrogens with two attached hydrogens (primary N) is 1. The van der Waals surface area contributed by atoms with Crippen molar-refractivity contribution in [2.24, 2.45) is 0 Å². The maximum Gasteiger partial charge on any atom is 0.337 e. The van der Waals surface area contributed by atoms with Crippen LogP contribution in [0, 0.1) is 5.82 Å². The molecule has 0 aliphatic rings. The monoisotopic (exact) mass is 231 g/mol. The van der Waals surface area contributed by atoms with Gasteiger partial charge in [0, 0.05) is 11.3 Å². The largest absolute Gasteiger partial charge is 0.478 e. The first kappa shape index (κ1) is 11.1. The van der Waals surface area contributed by atoms with Gasteiger partial charge >= 0.3 is 5.97 Å². The molecule has 0 radical (unpaired) electrons. The van der Waals surface area contributed by atoms with Crippen LogP contribution < -0.4 is 5.73 Å². The highest BCUT2D eigenvalue weighted by molar-refractivity contribution is 5.94. The minimum atomic E-state index is -1.09. The molecule has 3 N–H and O–H groups in total. The molecule has 2 aromatic rings. The van der Waals surface area contributed by atoms with Gasteiger partial charge in [-0.05, 0) is 23.8 Å². The molecule has 0 aromatic heterocycles. The summed E-state index contributed by atoms with van der Waals surface area (Å²) in [4.78, 5) is 10.8. The molecule has 2 aromatic carbocycles. The van der Waals surface area contributed by atoms with Crippen LogP contribution in [0.15, 0.2) is 42.5 Å². The molecular formula is C13H10FNO2. The van der Waals surface area contributed by atoms with Crippen molar-refractivity contribution in [2.75, 3.05) is 5.73 Å². The number of hydrogen-bond acceptors (Lipinski definition) is 2. The normalized spacial score (nSPS) is 10.2. The summed E-state index contributed by atoms with van der Waals surface area (Å²) in [6, 6.07) is 10.6. The quantitative estimate of drug-likeness (QED) is 0.781. The first-order valence-electron chi connectivity index (χ1n) is 4.97. The predicted octanol–water partition coefficient (Wildman–Crippen LogP) is 2.77. The summed E-state index contributed by atoms with van der Waals surface area (Å²) in [5.41, 5.74) is 6.71. The van der Waals surface area contributed by atoms with Crippen molar-refractivity contribution in [1.29, 1.82) is 0 Å². The zero-order valence-electron chi connectivity index (χ0n) is 8.85. The first-order chi connectivity index (χ1) is 8.09. The molecule has 0 amide bonds. The Hall–Kier alpha value is -2.36. The van der Waals surface area contributed by atoms with Crippen LogP contribution in [0.3, 0.4) is 0 Å². The lowest BCUT2D eigenvalue weighted by Crippen LogP contribution is -2.02. The number of benzene rings is 2. The predicted molar refractivity (Wildman–Crippen MR) is 63.2 cm³/mol. The molecule has 0 atom stereocenters. The van der Waals surface area contributed by atoms with Gasteiger partial charge < -0.3 is 10.8 Å². The first-order valence-corrected chi connectivity index (χ1v) is 4.97. The highest BCUT2D eigenvalue weighted by Crippen LogP contribution is 2.26. The van der Waals surface area contributed by atoms with E-state index in [9.17, 15) is 9.18 Å². The van der Waals surface area contributed by atoms with E-state index in [0.717, 1.165) is 0 Å². The van der Waals surface area contributed by atoms with E-state index >= 15 is 0 Å². The molecule has 0 unspecified atom stereocenters. The van der Waals surface area contributed by atoms with Gasteiger partial charge in [0.25, 0.3) is 0 Å². The molecule has 0 spiro atoms. The van der Waals surface area contributed by atoms with E-state index in [1.165, 1.54) is 24.3 Å². The smallest absolute Gasteiger partial charge is 0.337 e. The molecule has 0 saturated heterocycles. The van der Waals surface area contributed by atoms with Crippen molar-refractivity contribution in [3.8, 4) is 11.1 Å². The number of nitrogen functional groups attached to an aromatic ring is 1. The summed E-state index contributed by atoms with van der Waals surface area (Å²) in [6.45, 7) is 0. The van der Waals surface area contributed by atoms with Gasteiger partial charge in [0.1, 0.15) is 5.82 Å². The van der Waals surface area contributed by atoms with Crippen molar-refractivity contribution in [2.45, 2.75) is 0 Å². The van der Waals surface area contributed by atoms with E-state index in [1.807, 2.05) is 0 Å². The van der Waals surface area contributed by atoms with E-state index < -0.39 is 5.97 Å². The van der Waals surface area contributed by atoms with Crippen LogP contribution in [0.1, 0.15) is 10.4 Å². The van der Waals surface area contributed by atoms with Crippen molar-refractivity contribution in [3.63, 3.8) is 0 Å². The van der Waals surface area contributed by atoms with Gasteiger partial charge in [-0.15, -0.1) is 0 Å². The lowest BCUT2D eigenvalue weighted by atomic mass is 10.0. The molecule has 3 nitrogen and oxygen atoms in total. The Kier molecular flexibility index (Phi) is 2.78. The average molecular weight is 231 g/mol.